The van der Waals surface area contributed by atoms with Crippen molar-refractivity contribution in [2.75, 3.05) is 6.54 Å². The van der Waals surface area contributed by atoms with Gasteiger partial charge in [-0.1, -0.05) is 12.8 Å². The fraction of sp³-hybridized carbons (Fsp3) is 0.500. The molecule has 0 heterocycles. The average Bonchev–Trinajstić information content (AvgIpc) is 1.83. The van der Waals surface area contributed by atoms with Gasteiger partial charge in [0, 0.05) is 18.4 Å². The minimum Gasteiger partial charge on any atom is -0.472 e. The molecule has 0 saturated carbocycles. The highest BCUT2D eigenvalue weighted by Crippen LogP contribution is 1.84. The number of carbonyl (C=O) groups is 1. The van der Waals surface area contributed by atoms with E-state index in [1.807, 2.05) is 5.92 Å². The second-order valence-electron chi connectivity index (χ2n) is 1.71. The smallest absolute Gasteiger partial charge is 0.381 e. The minimum absolute atomic E-state index is 0.0268. The molecule has 0 rings (SSSR count). The van der Waals surface area contributed by atoms with Gasteiger partial charge in [-0.2, -0.15) is 0 Å². The van der Waals surface area contributed by atoms with Gasteiger partial charge in [0.05, 0.1) is 0 Å². The molecule has 0 saturated heterocycles. The predicted molar refractivity (Wildman–Crippen MR) is 33.6 cm³/mol. The van der Waals surface area contributed by atoms with Gasteiger partial charge < -0.3 is 10.8 Å². The van der Waals surface area contributed by atoms with E-state index < -0.39 is 5.97 Å². The van der Waals surface area contributed by atoms with Crippen LogP contribution in [0.4, 0.5) is 0 Å². The first-order chi connectivity index (χ1) is 4.16. The summed E-state index contributed by atoms with van der Waals surface area (Å²) >= 11 is 0. The Hall–Kier alpha value is -1.01. The molecular weight excluding hydrogens is 118 g/mol. The van der Waals surface area contributed by atoms with Crippen molar-refractivity contribution in [2.24, 2.45) is 11.7 Å². The maximum atomic E-state index is 9.81. The van der Waals surface area contributed by atoms with Crippen LogP contribution in [0.1, 0.15) is 6.92 Å². The van der Waals surface area contributed by atoms with Gasteiger partial charge in [0.25, 0.3) is 0 Å². The summed E-state index contributed by atoms with van der Waals surface area (Å²) in [6.45, 7) is 2.18. The molecule has 0 bridgehead atoms. The molecular formula is C6H9NO2. The van der Waals surface area contributed by atoms with Gasteiger partial charge in [-0.15, -0.1) is 0 Å². The van der Waals surface area contributed by atoms with Crippen LogP contribution in [0, 0.1) is 17.8 Å². The monoisotopic (exact) mass is 127 g/mol. The maximum Gasteiger partial charge on any atom is 0.381 e. The summed E-state index contributed by atoms with van der Waals surface area (Å²) in [6.07, 6.45) is 0. The van der Waals surface area contributed by atoms with Crippen molar-refractivity contribution in [2.45, 2.75) is 6.92 Å². The summed E-state index contributed by atoms with van der Waals surface area (Å²) in [6, 6.07) is 0. The Balaban J connectivity index is 3.72. The van der Waals surface area contributed by atoms with Crippen molar-refractivity contribution < 1.29 is 9.90 Å². The Kier molecular flexibility index (Phi) is 3.49. The van der Waals surface area contributed by atoms with Crippen molar-refractivity contribution in [1.82, 2.24) is 0 Å². The number of carboxylic acids is 1. The summed E-state index contributed by atoms with van der Waals surface area (Å²) in [4.78, 5) is 9.81. The molecule has 0 aromatic rings. The molecule has 0 amide bonds. The molecule has 50 valence electrons. The molecule has 0 fully saturated rings. The van der Waals surface area contributed by atoms with Crippen LogP contribution in [-0.4, -0.2) is 17.6 Å². The van der Waals surface area contributed by atoms with Crippen LogP contribution >= 0.6 is 0 Å². The quantitative estimate of drug-likeness (QED) is 0.474. The van der Waals surface area contributed by atoms with Crippen LogP contribution in [0.15, 0.2) is 0 Å². The number of hydrogen-bond acceptors (Lipinski definition) is 2. The lowest BCUT2D eigenvalue weighted by atomic mass is 10.2. The Labute approximate surface area is 53.9 Å². The highest BCUT2D eigenvalue weighted by molar-refractivity contribution is 5.86. The second kappa shape index (κ2) is 3.93. The van der Waals surface area contributed by atoms with E-state index in [-0.39, 0.29) is 5.92 Å². The van der Waals surface area contributed by atoms with Gasteiger partial charge in [0.15, 0.2) is 0 Å². The lowest BCUT2D eigenvalue weighted by Crippen LogP contribution is -2.08. The second-order valence-corrected chi connectivity index (χ2v) is 1.71. The maximum absolute atomic E-state index is 9.81. The molecule has 0 radical (unpaired) electrons. The van der Waals surface area contributed by atoms with Crippen LogP contribution < -0.4 is 5.73 Å². The summed E-state index contributed by atoms with van der Waals surface area (Å²) in [5.41, 5.74) is 5.16. The number of hydrogen-bond donors (Lipinski definition) is 2. The molecule has 0 aromatic heterocycles. The third kappa shape index (κ3) is 4.85. The van der Waals surface area contributed by atoms with Gasteiger partial charge in [-0.3, -0.25) is 0 Å². The van der Waals surface area contributed by atoms with Crippen molar-refractivity contribution >= 4 is 5.97 Å². The average molecular weight is 127 g/mol. The Morgan fingerprint density at radius 3 is 2.78 bits per heavy atom. The lowest BCUT2D eigenvalue weighted by molar-refractivity contribution is -0.130. The van der Waals surface area contributed by atoms with Gasteiger partial charge in [-0.25, -0.2) is 4.79 Å². The van der Waals surface area contributed by atoms with Gasteiger partial charge in [-0.05, 0) is 0 Å². The van der Waals surface area contributed by atoms with Crippen LogP contribution in [0.3, 0.4) is 0 Å². The van der Waals surface area contributed by atoms with Crippen LogP contribution in [-0.2, 0) is 4.79 Å². The molecule has 0 aliphatic rings. The highest BCUT2D eigenvalue weighted by atomic mass is 16.4. The standard InChI is InChI=1S/C6H9NO2/c1-5(4-7)2-3-6(8)9/h5H,4,7H2,1H3,(H,8,9). The Bertz CT molecular complexity index is 154. The van der Waals surface area contributed by atoms with Gasteiger partial charge in [0.2, 0.25) is 0 Å². The molecule has 3 heteroatoms. The topological polar surface area (TPSA) is 63.3 Å². The van der Waals surface area contributed by atoms with Crippen molar-refractivity contribution in [3.8, 4) is 11.8 Å². The van der Waals surface area contributed by atoms with E-state index in [9.17, 15) is 4.79 Å². The molecule has 0 spiro atoms. The largest absolute Gasteiger partial charge is 0.472 e. The van der Waals surface area contributed by atoms with E-state index in [1.165, 1.54) is 0 Å². The molecule has 0 aliphatic heterocycles. The third-order valence-corrected chi connectivity index (χ3v) is 0.779. The van der Waals surface area contributed by atoms with Crippen LogP contribution in [0.2, 0.25) is 0 Å². The lowest BCUT2D eigenvalue weighted by Gasteiger charge is -1.92. The fourth-order valence-electron chi connectivity index (χ4n) is 0.244. The first kappa shape index (κ1) is 7.99. The van der Waals surface area contributed by atoms with Crippen molar-refractivity contribution in [3.05, 3.63) is 0 Å². The Morgan fingerprint density at radius 2 is 2.44 bits per heavy atom. The molecule has 0 aliphatic carbocycles. The third-order valence-electron chi connectivity index (χ3n) is 0.779. The van der Waals surface area contributed by atoms with E-state index in [2.05, 4.69) is 5.92 Å². The minimum atomic E-state index is -1.10. The van der Waals surface area contributed by atoms with Crippen LogP contribution in [0.5, 0.6) is 0 Å². The van der Waals surface area contributed by atoms with Gasteiger partial charge >= 0.3 is 5.97 Å². The zero-order valence-electron chi connectivity index (χ0n) is 5.22. The predicted octanol–water partition coefficient (Wildman–Crippen LogP) is -0.331. The first-order valence-electron chi connectivity index (χ1n) is 2.61. The summed E-state index contributed by atoms with van der Waals surface area (Å²) in [7, 11) is 0. The van der Waals surface area contributed by atoms with E-state index in [0.717, 1.165) is 0 Å². The molecule has 3 nitrogen and oxygen atoms in total. The van der Waals surface area contributed by atoms with Crippen molar-refractivity contribution in [1.29, 1.82) is 0 Å². The zero-order valence-corrected chi connectivity index (χ0v) is 5.22. The molecule has 3 N–H and O–H groups in total. The highest BCUT2D eigenvalue weighted by Gasteiger charge is 1.90. The molecule has 0 aromatic carbocycles. The number of nitrogens with two attached hydrogens (primary N) is 1. The fourth-order valence-corrected chi connectivity index (χ4v) is 0.244. The number of rotatable bonds is 1. The van der Waals surface area contributed by atoms with E-state index in [4.69, 9.17) is 10.8 Å². The summed E-state index contributed by atoms with van der Waals surface area (Å²) < 4.78 is 0. The van der Waals surface area contributed by atoms with Crippen LogP contribution in [0.25, 0.3) is 0 Å². The SMILES string of the molecule is CC(C#CC(=O)O)CN. The van der Waals surface area contributed by atoms with E-state index in [1.54, 1.807) is 6.92 Å². The number of carboxylic acid groups (broad SMARTS) is 1. The Morgan fingerprint density at radius 1 is 1.89 bits per heavy atom. The first-order valence-corrected chi connectivity index (χ1v) is 2.61. The molecule has 1 unspecified atom stereocenters. The summed E-state index contributed by atoms with van der Waals surface area (Å²) in [5.74, 6) is 3.31. The number of aliphatic carboxylic acids is 1. The summed E-state index contributed by atoms with van der Waals surface area (Å²) in [5, 5.41) is 8.04. The molecule has 9 heavy (non-hydrogen) atoms. The molecule has 1 atom stereocenters. The van der Waals surface area contributed by atoms with E-state index in [0.29, 0.717) is 6.54 Å². The zero-order chi connectivity index (χ0) is 7.28. The van der Waals surface area contributed by atoms with Gasteiger partial charge in [0.1, 0.15) is 0 Å². The van der Waals surface area contributed by atoms with Crippen molar-refractivity contribution in [3.63, 3.8) is 0 Å². The normalized spacial score (nSPS) is 11.3. The van der Waals surface area contributed by atoms with E-state index >= 15 is 0 Å².